The van der Waals surface area contributed by atoms with Gasteiger partial charge in [-0.1, -0.05) is 30.0 Å². The zero-order valence-corrected chi connectivity index (χ0v) is 17.0. The topological polar surface area (TPSA) is 97.1 Å². The number of hydrogen-bond acceptors (Lipinski definition) is 6. The van der Waals surface area contributed by atoms with Crippen molar-refractivity contribution < 1.29 is 14.0 Å². The quantitative estimate of drug-likeness (QED) is 0.509. The van der Waals surface area contributed by atoms with Crippen LogP contribution in [-0.2, 0) is 4.79 Å². The number of furan rings is 1. The highest BCUT2D eigenvalue weighted by atomic mass is 32.2. The van der Waals surface area contributed by atoms with Gasteiger partial charge in [-0.3, -0.25) is 10.1 Å². The molecule has 2 heterocycles. The maximum Gasteiger partial charge on any atom is 0.321 e. The van der Waals surface area contributed by atoms with Crippen LogP contribution in [0.3, 0.4) is 0 Å². The third kappa shape index (κ3) is 4.89. The maximum atomic E-state index is 12.4. The Labute approximate surface area is 167 Å². The number of amides is 3. The standard InChI is InChI=1S/C20H22N4O3S/c1-12(17(25)23-19(26)24-20(2,3)4)28-18-13-8-5-6-9-14(13)21-16(22-18)15-10-7-11-27-15/h5-12H,1-4H3,(H2,23,24,25,26)/t12-/m0/s1. The summed E-state index contributed by atoms with van der Waals surface area (Å²) >= 11 is 1.27. The summed E-state index contributed by atoms with van der Waals surface area (Å²) < 4.78 is 5.41. The molecule has 0 aliphatic rings. The van der Waals surface area contributed by atoms with Crippen molar-refractivity contribution in [3.05, 3.63) is 42.7 Å². The number of thioether (sulfide) groups is 1. The Hall–Kier alpha value is -2.87. The summed E-state index contributed by atoms with van der Waals surface area (Å²) in [5, 5.41) is 6.03. The Morgan fingerprint density at radius 2 is 1.86 bits per heavy atom. The number of urea groups is 1. The molecule has 0 saturated heterocycles. The van der Waals surface area contributed by atoms with E-state index >= 15 is 0 Å². The second-order valence-corrected chi connectivity index (χ2v) is 8.63. The van der Waals surface area contributed by atoms with Gasteiger partial charge in [0, 0.05) is 10.9 Å². The number of fused-ring (bicyclic) bond motifs is 1. The van der Waals surface area contributed by atoms with E-state index in [1.807, 2.05) is 45.0 Å². The highest BCUT2D eigenvalue weighted by Gasteiger charge is 2.22. The summed E-state index contributed by atoms with van der Waals surface area (Å²) in [4.78, 5) is 33.5. The average Bonchev–Trinajstić information content (AvgIpc) is 3.14. The Morgan fingerprint density at radius 3 is 2.54 bits per heavy atom. The number of carbonyl (C=O) groups excluding carboxylic acids is 2. The van der Waals surface area contributed by atoms with Crippen molar-refractivity contribution in [3.8, 4) is 11.6 Å². The lowest BCUT2D eigenvalue weighted by atomic mass is 10.1. The van der Waals surface area contributed by atoms with Crippen molar-refractivity contribution in [1.82, 2.24) is 20.6 Å². The third-order valence-corrected chi connectivity index (χ3v) is 4.79. The van der Waals surface area contributed by atoms with Crippen LogP contribution in [0.25, 0.3) is 22.5 Å². The fourth-order valence-electron chi connectivity index (χ4n) is 2.46. The summed E-state index contributed by atoms with van der Waals surface area (Å²) in [5.74, 6) is 0.604. The van der Waals surface area contributed by atoms with Crippen molar-refractivity contribution in [1.29, 1.82) is 0 Å². The summed E-state index contributed by atoms with van der Waals surface area (Å²) in [7, 11) is 0. The first-order valence-corrected chi connectivity index (χ1v) is 9.71. The van der Waals surface area contributed by atoms with E-state index in [1.165, 1.54) is 11.8 Å². The van der Waals surface area contributed by atoms with Crippen LogP contribution in [0.5, 0.6) is 0 Å². The summed E-state index contributed by atoms with van der Waals surface area (Å²) in [6.07, 6.45) is 1.56. The molecule has 3 rings (SSSR count). The van der Waals surface area contributed by atoms with Gasteiger partial charge in [0.05, 0.1) is 17.0 Å². The summed E-state index contributed by atoms with van der Waals surface area (Å²) in [5.41, 5.74) is 0.325. The SMILES string of the molecule is C[C@H](Sc1nc(-c2ccco2)nc2ccccc12)C(=O)NC(=O)NC(C)(C)C. The predicted molar refractivity (Wildman–Crippen MR) is 109 cm³/mol. The molecule has 0 fully saturated rings. The molecular weight excluding hydrogens is 376 g/mol. The van der Waals surface area contributed by atoms with Crippen LogP contribution in [-0.4, -0.2) is 32.7 Å². The zero-order chi connectivity index (χ0) is 20.3. The zero-order valence-electron chi connectivity index (χ0n) is 16.1. The molecule has 0 spiro atoms. The lowest BCUT2D eigenvalue weighted by Crippen LogP contribution is -2.49. The minimum Gasteiger partial charge on any atom is -0.461 e. The molecule has 0 unspecified atom stereocenters. The van der Waals surface area contributed by atoms with Gasteiger partial charge >= 0.3 is 6.03 Å². The molecule has 0 saturated carbocycles. The molecule has 0 bridgehead atoms. The van der Waals surface area contributed by atoms with Crippen molar-refractivity contribution >= 4 is 34.6 Å². The molecule has 1 aromatic carbocycles. The van der Waals surface area contributed by atoms with Crippen molar-refractivity contribution in [3.63, 3.8) is 0 Å². The van der Waals surface area contributed by atoms with Crippen LogP contribution >= 0.6 is 11.8 Å². The first kappa shape index (κ1) is 19.9. The van der Waals surface area contributed by atoms with Crippen LogP contribution in [0.4, 0.5) is 4.79 Å². The highest BCUT2D eigenvalue weighted by Crippen LogP contribution is 2.31. The monoisotopic (exact) mass is 398 g/mol. The fraction of sp³-hybridized carbons (Fsp3) is 0.300. The number of nitrogens with zero attached hydrogens (tertiary/aromatic N) is 2. The molecular formula is C20H22N4O3S. The molecule has 2 N–H and O–H groups in total. The number of benzene rings is 1. The van der Waals surface area contributed by atoms with E-state index in [4.69, 9.17) is 4.42 Å². The van der Waals surface area contributed by atoms with Gasteiger partial charge in [-0.2, -0.15) is 0 Å². The number of imide groups is 1. The predicted octanol–water partition coefficient (Wildman–Crippen LogP) is 3.99. The van der Waals surface area contributed by atoms with E-state index in [-0.39, 0.29) is 0 Å². The van der Waals surface area contributed by atoms with Crippen LogP contribution in [0, 0.1) is 0 Å². The molecule has 3 aromatic rings. The van der Waals surface area contributed by atoms with Gasteiger partial charge in [-0.05, 0) is 45.9 Å². The fourth-order valence-corrected chi connectivity index (χ4v) is 3.40. The average molecular weight is 398 g/mol. The lowest BCUT2D eigenvalue weighted by molar-refractivity contribution is -0.119. The Morgan fingerprint density at radius 1 is 1.11 bits per heavy atom. The van der Waals surface area contributed by atoms with Gasteiger partial charge in [0.2, 0.25) is 5.91 Å². The normalized spacial score (nSPS) is 12.6. The second kappa shape index (κ2) is 8.02. The van der Waals surface area contributed by atoms with Gasteiger partial charge in [-0.25, -0.2) is 14.8 Å². The van der Waals surface area contributed by atoms with Crippen LogP contribution in [0.15, 0.2) is 52.1 Å². The van der Waals surface area contributed by atoms with Gasteiger partial charge in [-0.15, -0.1) is 0 Å². The molecule has 1 atom stereocenters. The van der Waals surface area contributed by atoms with E-state index in [1.54, 1.807) is 25.3 Å². The van der Waals surface area contributed by atoms with Gasteiger partial charge in [0.1, 0.15) is 5.03 Å². The third-order valence-electron chi connectivity index (χ3n) is 3.69. The van der Waals surface area contributed by atoms with Crippen molar-refractivity contribution in [2.24, 2.45) is 0 Å². The second-order valence-electron chi connectivity index (χ2n) is 7.30. The smallest absolute Gasteiger partial charge is 0.321 e. The lowest BCUT2D eigenvalue weighted by Gasteiger charge is -2.21. The summed E-state index contributed by atoms with van der Waals surface area (Å²) in [6, 6.07) is 10.6. The molecule has 7 nitrogen and oxygen atoms in total. The van der Waals surface area contributed by atoms with E-state index in [0.717, 1.165) is 10.9 Å². The first-order chi connectivity index (χ1) is 13.2. The maximum absolute atomic E-state index is 12.4. The van der Waals surface area contributed by atoms with E-state index in [2.05, 4.69) is 20.6 Å². The Bertz CT molecular complexity index is 996. The number of carbonyl (C=O) groups is 2. The molecule has 3 amide bonds. The van der Waals surface area contributed by atoms with Gasteiger partial charge in [0.15, 0.2) is 11.6 Å². The molecule has 146 valence electrons. The Kier molecular flexibility index (Phi) is 5.69. The molecule has 8 heteroatoms. The number of para-hydroxylation sites is 1. The molecule has 28 heavy (non-hydrogen) atoms. The number of rotatable bonds is 4. The largest absolute Gasteiger partial charge is 0.461 e. The van der Waals surface area contributed by atoms with E-state index in [9.17, 15) is 9.59 Å². The highest BCUT2D eigenvalue weighted by molar-refractivity contribution is 8.00. The van der Waals surface area contributed by atoms with Gasteiger partial charge < -0.3 is 9.73 Å². The van der Waals surface area contributed by atoms with Crippen molar-refractivity contribution in [2.45, 2.75) is 43.5 Å². The molecule has 0 aliphatic heterocycles. The van der Waals surface area contributed by atoms with E-state index in [0.29, 0.717) is 16.6 Å². The van der Waals surface area contributed by atoms with Crippen molar-refractivity contribution in [2.75, 3.05) is 0 Å². The molecule has 0 radical (unpaired) electrons. The number of hydrogen-bond donors (Lipinski definition) is 2. The minimum absolute atomic E-state index is 0.394. The molecule has 0 aliphatic carbocycles. The van der Waals surface area contributed by atoms with Crippen LogP contribution in [0.2, 0.25) is 0 Å². The minimum atomic E-state index is -0.534. The number of aromatic nitrogens is 2. The van der Waals surface area contributed by atoms with E-state index < -0.39 is 22.7 Å². The molecule has 2 aromatic heterocycles. The number of nitrogens with one attached hydrogen (secondary N) is 2. The first-order valence-electron chi connectivity index (χ1n) is 8.83. The summed E-state index contributed by atoms with van der Waals surface area (Å²) in [6.45, 7) is 7.27. The van der Waals surface area contributed by atoms with Gasteiger partial charge in [0.25, 0.3) is 0 Å². The Balaban J connectivity index is 1.83. The van der Waals surface area contributed by atoms with Crippen LogP contribution < -0.4 is 10.6 Å². The van der Waals surface area contributed by atoms with Crippen LogP contribution in [0.1, 0.15) is 27.7 Å².